The second kappa shape index (κ2) is 7.77. The Morgan fingerprint density at radius 1 is 1.26 bits per heavy atom. The Kier molecular flexibility index (Phi) is 5.22. The Morgan fingerprint density at radius 3 is 2.81 bits per heavy atom. The number of ether oxygens (including phenoxy) is 1. The zero-order valence-corrected chi connectivity index (χ0v) is 16.7. The van der Waals surface area contributed by atoms with E-state index in [1.807, 2.05) is 12.1 Å². The number of fused-ring (bicyclic) bond motifs is 1. The molecule has 3 aromatic rings. The maximum atomic E-state index is 13.8. The van der Waals surface area contributed by atoms with E-state index < -0.39 is 5.82 Å². The van der Waals surface area contributed by atoms with Gasteiger partial charge in [0.15, 0.2) is 23.3 Å². The summed E-state index contributed by atoms with van der Waals surface area (Å²) in [6.45, 7) is 2.36. The maximum Gasteiger partial charge on any atom is 0.260 e. The van der Waals surface area contributed by atoms with Crippen LogP contribution in [0.1, 0.15) is 0 Å². The number of piperazine rings is 1. The molecule has 0 N–H and O–H groups in total. The highest BCUT2D eigenvalue weighted by Crippen LogP contribution is 2.27. The Labute approximate surface area is 167 Å². The molecule has 4 rings (SSSR count). The van der Waals surface area contributed by atoms with Crippen LogP contribution in [-0.2, 0) is 4.79 Å². The largest absolute Gasteiger partial charge is 0.481 e. The van der Waals surface area contributed by atoms with Gasteiger partial charge < -0.3 is 14.5 Å². The van der Waals surface area contributed by atoms with Crippen molar-refractivity contribution >= 4 is 48.7 Å². The van der Waals surface area contributed by atoms with Crippen LogP contribution in [0.25, 0.3) is 10.3 Å². The fraction of sp³-hybridized carbons (Fsp3) is 0.278. The Balaban J connectivity index is 1.32. The molecule has 1 aromatic carbocycles. The average molecular weight is 451 g/mol. The van der Waals surface area contributed by atoms with Crippen molar-refractivity contribution in [1.82, 2.24) is 14.9 Å². The number of aromatic nitrogens is 2. The lowest BCUT2D eigenvalue weighted by atomic mass is 10.3. The van der Waals surface area contributed by atoms with Gasteiger partial charge in [0.25, 0.3) is 5.91 Å². The first kappa shape index (κ1) is 18.1. The molecular weight excluding hydrogens is 435 g/mol. The third-order valence-corrected chi connectivity index (χ3v) is 5.84. The molecule has 0 radical (unpaired) electrons. The van der Waals surface area contributed by atoms with Gasteiger partial charge in [-0.1, -0.05) is 27.3 Å². The first-order valence-electron chi connectivity index (χ1n) is 8.42. The molecule has 1 amide bonds. The number of amides is 1. The highest BCUT2D eigenvalue weighted by Gasteiger charge is 2.23. The number of carbonyl (C=O) groups excluding carboxylic acids is 1. The third-order valence-electron chi connectivity index (χ3n) is 4.30. The molecule has 0 unspecified atom stereocenters. The molecule has 0 aliphatic carbocycles. The molecule has 1 aliphatic heterocycles. The highest BCUT2D eigenvalue weighted by molar-refractivity contribution is 9.10. The number of anilines is 1. The monoisotopic (exact) mass is 450 g/mol. The summed E-state index contributed by atoms with van der Waals surface area (Å²) in [4.78, 5) is 26.1. The van der Waals surface area contributed by atoms with Gasteiger partial charge in [0.05, 0.1) is 0 Å². The van der Waals surface area contributed by atoms with Gasteiger partial charge in [0.2, 0.25) is 0 Å². The molecule has 0 bridgehead atoms. The number of nitrogens with zero attached hydrogens (tertiary/aromatic N) is 4. The number of thiazole rings is 1. The van der Waals surface area contributed by atoms with E-state index in [-0.39, 0.29) is 18.3 Å². The summed E-state index contributed by atoms with van der Waals surface area (Å²) in [7, 11) is 0. The van der Waals surface area contributed by atoms with Gasteiger partial charge in [-0.2, -0.15) is 0 Å². The van der Waals surface area contributed by atoms with Gasteiger partial charge >= 0.3 is 0 Å². The molecular formula is C18H16BrFN4O2S. The van der Waals surface area contributed by atoms with Crippen molar-refractivity contribution in [1.29, 1.82) is 0 Å². The lowest BCUT2D eigenvalue weighted by molar-refractivity contribution is -0.133. The van der Waals surface area contributed by atoms with Crippen LogP contribution in [0, 0.1) is 5.82 Å². The smallest absolute Gasteiger partial charge is 0.260 e. The molecule has 6 nitrogen and oxygen atoms in total. The second-order valence-electron chi connectivity index (χ2n) is 6.06. The predicted octanol–water partition coefficient (Wildman–Crippen LogP) is 3.32. The van der Waals surface area contributed by atoms with Crippen LogP contribution < -0.4 is 9.64 Å². The molecule has 140 valence electrons. The molecule has 2 aromatic heterocycles. The number of hydrogen-bond acceptors (Lipinski definition) is 6. The van der Waals surface area contributed by atoms with E-state index in [1.165, 1.54) is 12.1 Å². The molecule has 9 heteroatoms. The van der Waals surface area contributed by atoms with E-state index in [4.69, 9.17) is 4.74 Å². The Hall–Kier alpha value is -2.26. The minimum absolute atomic E-state index is 0.0761. The number of pyridine rings is 1. The second-order valence-corrected chi connectivity index (χ2v) is 7.93. The van der Waals surface area contributed by atoms with Crippen LogP contribution >= 0.6 is 27.3 Å². The van der Waals surface area contributed by atoms with Gasteiger partial charge in [-0.3, -0.25) is 4.79 Å². The van der Waals surface area contributed by atoms with Crippen molar-refractivity contribution in [3.63, 3.8) is 0 Å². The molecule has 27 heavy (non-hydrogen) atoms. The average Bonchev–Trinajstić information content (AvgIpc) is 3.11. The van der Waals surface area contributed by atoms with Crippen LogP contribution in [0.2, 0.25) is 0 Å². The number of hydrogen-bond donors (Lipinski definition) is 0. The van der Waals surface area contributed by atoms with Crippen molar-refractivity contribution in [3.8, 4) is 5.75 Å². The SMILES string of the molecule is O=C(COc1ccc(Br)cc1F)N1CCN(c2nc3cccnc3s2)CC1. The molecule has 1 aliphatic rings. The first-order chi connectivity index (χ1) is 13.1. The Bertz CT molecular complexity index is 942. The van der Waals surface area contributed by atoms with Gasteiger partial charge in [-0.15, -0.1) is 0 Å². The lowest BCUT2D eigenvalue weighted by Crippen LogP contribution is -2.50. The van der Waals surface area contributed by atoms with Crippen molar-refractivity contribution in [2.24, 2.45) is 0 Å². The lowest BCUT2D eigenvalue weighted by Gasteiger charge is -2.34. The zero-order valence-electron chi connectivity index (χ0n) is 14.3. The molecule has 3 heterocycles. The quantitative estimate of drug-likeness (QED) is 0.609. The van der Waals surface area contributed by atoms with E-state index in [0.717, 1.165) is 15.5 Å². The van der Waals surface area contributed by atoms with Crippen molar-refractivity contribution < 1.29 is 13.9 Å². The zero-order chi connectivity index (χ0) is 18.8. The maximum absolute atomic E-state index is 13.8. The topological polar surface area (TPSA) is 58.6 Å². The van der Waals surface area contributed by atoms with E-state index >= 15 is 0 Å². The summed E-state index contributed by atoms with van der Waals surface area (Å²) in [6.07, 6.45) is 1.76. The van der Waals surface area contributed by atoms with Gasteiger partial charge in [0.1, 0.15) is 10.3 Å². The predicted molar refractivity (Wildman–Crippen MR) is 106 cm³/mol. The standard InChI is InChI=1S/C18H16BrFN4O2S/c19-12-3-4-15(13(20)10-12)26-11-16(25)23-6-8-24(9-7-23)18-22-14-2-1-5-21-17(14)27-18/h1-5,10H,6-9,11H2. The van der Waals surface area contributed by atoms with Crippen molar-refractivity contribution in [2.75, 3.05) is 37.7 Å². The summed E-state index contributed by atoms with van der Waals surface area (Å²) >= 11 is 4.75. The minimum Gasteiger partial charge on any atom is -0.481 e. The van der Waals surface area contributed by atoms with E-state index in [9.17, 15) is 9.18 Å². The van der Waals surface area contributed by atoms with Crippen LogP contribution in [0.3, 0.4) is 0 Å². The Morgan fingerprint density at radius 2 is 2.07 bits per heavy atom. The van der Waals surface area contributed by atoms with Crippen LogP contribution in [0.5, 0.6) is 5.75 Å². The fourth-order valence-electron chi connectivity index (χ4n) is 2.86. The van der Waals surface area contributed by atoms with Gasteiger partial charge in [-0.25, -0.2) is 14.4 Å². The van der Waals surface area contributed by atoms with Gasteiger partial charge in [-0.05, 0) is 30.3 Å². The van der Waals surface area contributed by atoms with Crippen LogP contribution in [-0.4, -0.2) is 53.6 Å². The highest BCUT2D eigenvalue weighted by atomic mass is 79.9. The number of benzene rings is 1. The summed E-state index contributed by atoms with van der Waals surface area (Å²) in [5.74, 6) is -0.568. The van der Waals surface area contributed by atoms with E-state index in [1.54, 1.807) is 28.5 Å². The van der Waals surface area contributed by atoms with Crippen LogP contribution in [0.15, 0.2) is 41.0 Å². The number of halogens is 2. The summed E-state index contributed by atoms with van der Waals surface area (Å²) in [5, 5.41) is 0.920. The summed E-state index contributed by atoms with van der Waals surface area (Å²) in [5.41, 5.74) is 0.890. The number of rotatable bonds is 4. The van der Waals surface area contributed by atoms with E-state index in [2.05, 4.69) is 30.8 Å². The molecule has 1 saturated heterocycles. The van der Waals surface area contributed by atoms with Crippen LogP contribution in [0.4, 0.5) is 9.52 Å². The summed E-state index contributed by atoms with van der Waals surface area (Å²) in [6, 6.07) is 8.31. The molecule has 1 fully saturated rings. The number of carbonyl (C=O) groups is 1. The third kappa shape index (κ3) is 4.03. The molecule has 0 spiro atoms. The molecule has 0 saturated carbocycles. The summed E-state index contributed by atoms with van der Waals surface area (Å²) < 4.78 is 19.7. The van der Waals surface area contributed by atoms with Gasteiger partial charge in [0, 0.05) is 36.8 Å². The normalized spacial score (nSPS) is 14.6. The van der Waals surface area contributed by atoms with Crippen molar-refractivity contribution in [3.05, 3.63) is 46.8 Å². The molecule has 0 atom stereocenters. The van der Waals surface area contributed by atoms with E-state index in [0.29, 0.717) is 30.7 Å². The first-order valence-corrected chi connectivity index (χ1v) is 10.0. The van der Waals surface area contributed by atoms with Crippen molar-refractivity contribution in [2.45, 2.75) is 0 Å². The fourth-order valence-corrected chi connectivity index (χ4v) is 4.16. The minimum atomic E-state index is -0.494.